The van der Waals surface area contributed by atoms with Crippen molar-refractivity contribution < 1.29 is 4.79 Å². The van der Waals surface area contributed by atoms with Gasteiger partial charge >= 0.3 is 0 Å². The van der Waals surface area contributed by atoms with Crippen molar-refractivity contribution in [2.45, 2.75) is 51.0 Å². The lowest BCUT2D eigenvalue weighted by Crippen LogP contribution is -2.24. The highest BCUT2D eigenvalue weighted by atomic mass is 16.1. The van der Waals surface area contributed by atoms with E-state index in [-0.39, 0.29) is 12.0 Å². The number of allylic oxidation sites excluding steroid dienone is 2. The lowest BCUT2D eigenvalue weighted by molar-refractivity contribution is -0.124. The summed E-state index contributed by atoms with van der Waals surface area (Å²) in [5.74, 6) is 1.20. The number of aromatic nitrogens is 2. The van der Waals surface area contributed by atoms with Gasteiger partial charge in [-0.15, -0.1) is 0 Å². The Labute approximate surface area is 178 Å². The first-order valence-electron chi connectivity index (χ1n) is 11.1. The van der Waals surface area contributed by atoms with Crippen LogP contribution in [0.1, 0.15) is 67.8 Å². The molecule has 0 bridgehead atoms. The molecule has 2 aromatic carbocycles. The minimum atomic E-state index is 0.0595. The van der Waals surface area contributed by atoms with Crippen LogP contribution in [0.2, 0.25) is 0 Å². The Morgan fingerprint density at radius 1 is 0.967 bits per heavy atom. The first kappa shape index (κ1) is 19.0. The van der Waals surface area contributed by atoms with Gasteiger partial charge in [-0.1, -0.05) is 60.7 Å². The number of benzene rings is 2. The Morgan fingerprint density at radius 3 is 2.33 bits per heavy atom. The normalized spacial score (nSPS) is 23.4. The van der Waals surface area contributed by atoms with E-state index < -0.39 is 0 Å². The van der Waals surface area contributed by atoms with Crippen LogP contribution in [0.3, 0.4) is 0 Å². The summed E-state index contributed by atoms with van der Waals surface area (Å²) in [5, 5.41) is 0. The van der Waals surface area contributed by atoms with Crippen molar-refractivity contribution in [2.75, 3.05) is 0 Å². The van der Waals surface area contributed by atoms with Gasteiger partial charge in [0.05, 0.1) is 24.3 Å². The third kappa shape index (κ3) is 3.43. The standard InChI is InChI=1S/C27H28N2O/c1-19-25-17-28-18-29(25)24(27(19)23-10-6-3-7-11-23)16-26(30)22-14-12-21(13-15-22)20-8-4-2-5-9-20/h2-11,17-18,21-22,24H,12-16H2,1H3. The van der Waals surface area contributed by atoms with E-state index in [1.807, 2.05) is 18.6 Å². The van der Waals surface area contributed by atoms with E-state index >= 15 is 0 Å². The molecule has 0 saturated heterocycles. The number of ketones is 1. The Kier molecular flexibility index (Phi) is 5.12. The summed E-state index contributed by atoms with van der Waals surface area (Å²) in [6.07, 6.45) is 8.61. The molecule has 0 radical (unpaired) electrons. The molecule has 5 rings (SSSR count). The molecule has 0 N–H and O–H groups in total. The molecule has 0 amide bonds. The van der Waals surface area contributed by atoms with Gasteiger partial charge in [-0.25, -0.2) is 4.98 Å². The monoisotopic (exact) mass is 396 g/mol. The fourth-order valence-electron chi connectivity index (χ4n) is 5.43. The zero-order valence-corrected chi connectivity index (χ0v) is 17.5. The molecule has 1 saturated carbocycles. The van der Waals surface area contributed by atoms with Crippen LogP contribution >= 0.6 is 0 Å². The second-order valence-electron chi connectivity index (χ2n) is 8.74. The molecule has 0 spiro atoms. The van der Waals surface area contributed by atoms with Gasteiger partial charge in [0.2, 0.25) is 0 Å². The molecule has 2 heterocycles. The van der Waals surface area contributed by atoms with Crippen molar-refractivity contribution in [2.24, 2.45) is 5.92 Å². The number of Topliss-reactive ketones (excluding diaryl/α,β-unsaturated/α-hetero) is 1. The van der Waals surface area contributed by atoms with Crippen molar-refractivity contribution >= 4 is 16.9 Å². The van der Waals surface area contributed by atoms with Crippen molar-refractivity contribution in [3.63, 3.8) is 0 Å². The molecule has 1 fully saturated rings. The van der Waals surface area contributed by atoms with Gasteiger partial charge in [-0.2, -0.15) is 0 Å². The molecule has 3 nitrogen and oxygen atoms in total. The summed E-state index contributed by atoms with van der Waals surface area (Å²) in [5.41, 5.74) is 6.29. The van der Waals surface area contributed by atoms with Crippen LogP contribution in [0.25, 0.3) is 11.1 Å². The minimum Gasteiger partial charge on any atom is -0.323 e. The van der Waals surface area contributed by atoms with E-state index in [0.29, 0.717) is 18.1 Å². The third-order valence-corrected chi connectivity index (χ3v) is 7.06. The van der Waals surface area contributed by atoms with E-state index in [0.717, 1.165) is 31.4 Å². The molecular weight excluding hydrogens is 368 g/mol. The highest BCUT2D eigenvalue weighted by Gasteiger charge is 2.34. The number of rotatable bonds is 5. The maximum atomic E-state index is 13.4. The Morgan fingerprint density at radius 2 is 1.63 bits per heavy atom. The number of carbonyl (C=O) groups excluding carboxylic acids is 1. The smallest absolute Gasteiger partial charge is 0.138 e. The molecule has 30 heavy (non-hydrogen) atoms. The summed E-state index contributed by atoms with van der Waals surface area (Å²) in [6, 6.07) is 21.3. The summed E-state index contributed by atoms with van der Waals surface area (Å²) in [7, 11) is 0. The predicted octanol–water partition coefficient (Wildman–Crippen LogP) is 6.30. The second kappa shape index (κ2) is 8.06. The fourth-order valence-corrected chi connectivity index (χ4v) is 5.43. The van der Waals surface area contributed by atoms with Gasteiger partial charge in [0.15, 0.2) is 0 Å². The van der Waals surface area contributed by atoms with Gasteiger partial charge in [-0.3, -0.25) is 4.79 Å². The van der Waals surface area contributed by atoms with Crippen LogP contribution in [0.15, 0.2) is 73.2 Å². The molecule has 1 atom stereocenters. The molecule has 2 aliphatic rings. The van der Waals surface area contributed by atoms with Gasteiger partial charge in [-0.05, 0) is 60.8 Å². The molecule has 1 aliphatic heterocycles. The SMILES string of the molecule is CC1=C(c2ccccc2)C(CC(=O)C2CCC(c3ccccc3)CC2)n2cncc21. The zero-order valence-electron chi connectivity index (χ0n) is 17.5. The number of imidazole rings is 1. The van der Waals surface area contributed by atoms with Crippen molar-refractivity contribution in [1.29, 1.82) is 0 Å². The Balaban J connectivity index is 1.32. The lowest BCUT2D eigenvalue weighted by Gasteiger charge is -2.29. The van der Waals surface area contributed by atoms with E-state index in [2.05, 4.69) is 71.1 Å². The highest BCUT2D eigenvalue weighted by Crippen LogP contribution is 2.45. The molecule has 1 aromatic heterocycles. The quantitative estimate of drug-likeness (QED) is 0.507. The number of hydrogen-bond donors (Lipinski definition) is 0. The van der Waals surface area contributed by atoms with Crippen LogP contribution in [0.5, 0.6) is 0 Å². The Hall–Kier alpha value is -2.94. The van der Waals surface area contributed by atoms with Gasteiger partial charge in [0.25, 0.3) is 0 Å². The van der Waals surface area contributed by atoms with Crippen LogP contribution in [0.4, 0.5) is 0 Å². The maximum absolute atomic E-state index is 13.4. The molecule has 1 aliphatic carbocycles. The number of hydrogen-bond acceptors (Lipinski definition) is 2. The molecule has 3 heteroatoms. The zero-order chi connectivity index (χ0) is 20.5. The second-order valence-corrected chi connectivity index (χ2v) is 8.74. The van der Waals surface area contributed by atoms with Gasteiger partial charge in [0.1, 0.15) is 5.78 Å². The number of fused-ring (bicyclic) bond motifs is 1. The van der Waals surface area contributed by atoms with Crippen molar-refractivity contribution in [1.82, 2.24) is 9.55 Å². The van der Waals surface area contributed by atoms with E-state index in [9.17, 15) is 4.79 Å². The summed E-state index contributed by atoms with van der Waals surface area (Å²) < 4.78 is 2.20. The van der Waals surface area contributed by atoms with Crippen LogP contribution < -0.4 is 0 Å². The van der Waals surface area contributed by atoms with Gasteiger partial charge in [0, 0.05) is 12.3 Å². The van der Waals surface area contributed by atoms with Crippen LogP contribution in [0, 0.1) is 5.92 Å². The molecule has 152 valence electrons. The molecule has 1 unspecified atom stereocenters. The van der Waals surface area contributed by atoms with Crippen LogP contribution in [-0.2, 0) is 4.79 Å². The van der Waals surface area contributed by atoms with Gasteiger partial charge < -0.3 is 4.57 Å². The molecular formula is C27H28N2O. The molecule has 3 aromatic rings. The largest absolute Gasteiger partial charge is 0.323 e. The predicted molar refractivity (Wildman–Crippen MR) is 121 cm³/mol. The van der Waals surface area contributed by atoms with Crippen molar-refractivity contribution in [3.05, 3.63) is 90.0 Å². The van der Waals surface area contributed by atoms with E-state index in [1.54, 1.807) is 0 Å². The number of nitrogens with zero attached hydrogens (tertiary/aromatic N) is 2. The first-order valence-corrected chi connectivity index (χ1v) is 11.1. The summed E-state index contributed by atoms with van der Waals surface area (Å²) in [6.45, 7) is 2.16. The third-order valence-electron chi connectivity index (χ3n) is 7.06. The van der Waals surface area contributed by atoms with Crippen molar-refractivity contribution in [3.8, 4) is 0 Å². The number of carbonyl (C=O) groups is 1. The first-order chi connectivity index (χ1) is 14.7. The van der Waals surface area contributed by atoms with E-state index in [1.165, 1.54) is 22.3 Å². The minimum absolute atomic E-state index is 0.0595. The highest BCUT2D eigenvalue weighted by molar-refractivity contribution is 5.96. The van der Waals surface area contributed by atoms with Crippen LogP contribution in [-0.4, -0.2) is 15.3 Å². The van der Waals surface area contributed by atoms with E-state index in [4.69, 9.17) is 0 Å². The average molecular weight is 397 g/mol. The average Bonchev–Trinajstić information content (AvgIpc) is 3.38. The maximum Gasteiger partial charge on any atom is 0.138 e. The summed E-state index contributed by atoms with van der Waals surface area (Å²) in [4.78, 5) is 17.7. The topological polar surface area (TPSA) is 34.9 Å². The Bertz CT molecular complexity index is 1060. The summed E-state index contributed by atoms with van der Waals surface area (Å²) >= 11 is 0. The fraction of sp³-hybridized carbons (Fsp3) is 0.333. The lowest BCUT2D eigenvalue weighted by atomic mass is 9.76.